The van der Waals surface area contributed by atoms with Gasteiger partial charge >= 0.3 is 12.0 Å². The van der Waals surface area contributed by atoms with Gasteiger partial charge in [-0.1, -0.05) is 12.1 Å². The first-order chi connectivity index (χ1) is 10.8. The lowest BCUT2D eigenvalue weighted by Crippen LogP contribution is -2.43. The van der Waals surface area contributed by atoms with E-state index in [9.17, 15) is 19.2 Å². The highest BCUT2D eigenvalue weighted by atomic mass is 16.4. The van der Waals surface area contributed by atoms with E-state index in [-0.39, 0.29) is 5.56 Å². The van der Waals surface area contributed by atoms with Crippen molar-refractivity contribution in [2.24, 2.45) is 0 Å². The third-order valence-electron chi connectivity index (χ3n) is 4.28. The number of carboxylic acids is 1. The van der Waals surface area contributed by atoms with Gasteiger partial charge in [0.25, 0.3) is 11.8 Å². The number of carbonyl (C=O) groups is 4. The lowest BCUT2D eigenvalue weighted by Gasteiger charge is -2.21. The number of carboxylic acid groups (broad SMARTS) is 1. The fraction of sp³-hybridized carbons (Fsp3) is 0.333. The summed E-state index contributed by atoms with van der Waals surface area (Å²) in [6.45, 7) is 1.56. The Morgan fingerprint density at radius 3 is 2.22 bits per heavy atom. The Bertz CT molecular complexity index is 723. The topological polar surface area (TPSA) is 125 Å². The fourth-order valence-electron chi connectivity index (χ4n) is 2.51. The first kappa shape index (κ1) is 15.0. The Kier molecular flexibility index (Phi) is 3.13. The standard InChI is InChI=1S/C15H15N3O5/c1-14(11(20)16-13(23)18-14)9-4-2-8(3-5-9)10(19)17-15(6-7-15)12(21)22/h2-5H,6-7H2,1H3,(H,17,19)(H,21,22)(H2,16,18,20,23). The molecule has 1 aromatic carbocycles. The highest BCUT2D eigenvalue weighted by molar-refractivity contribution is 6.07. The minimum atomic E-state index is -1.19. The van der Waals surface area contributed by atoms with Crippen LogP contribution in [0.2, 0.25) is 0 Å². The molecule has 1 unspecified atom stereocenters. The Morgan fingerprint density at radius 1 is 1.17 bits per heavy atom. The van der Waals surface area contributed by atoms with E-state index in [0.29, 0.717) is 18.4 Å². The summed E-state index contributed by atoms with van der Waals surface area (Å²) in [5.74, 6) is -2.00. The molecule has 1 saturated carbocycles. The predicted octanol–water partition coefficient (Wildman–Crippen LogP) is 0.0882. The number of aliphatic carboxylic acids is 1. The molecule has 1 atom stereocenters. The molecule has 0 radical (unpaired) electrons. The molecule has 4 N–H and O–H groups in total. The van der Waals surface area contributed by atoms with Crippen molar-refractivity contribution in [3.8, 4) is 0 Å². The number of imide groups is 1. The van der Waals surface area contributed by atoms with Crippen LogP contribution >= 0.6 is 0 Å². The lowest BCUT2D eigenvalue weighted by atomic mass is 9.91. The van der Waals surface area contributed by atoms with E-state index >= 15 is 0 Å². The molecule has 8 nitrogen and oxygen atoms in total. The number of benzene rings is 1. The van der Waals surface area contributed by atoms with E-state index in [1.165, 1.54) is 12.1 Å². The van der Waals surface area contributed by atoms with Gasteiger partial charge in [-0.2, -0.15) is 0 Å². The van der Waals surface area contributed by atoms with Gasteiger partial charge in [-0.15, -0.1) is 0 Å². The van der Waals surface area contributed by atoms with Crippen LogP contribution in [0.5, 0.6) is 0 Å². The molecular formula is C15H15N3O5. The zero-order chi connectivity index (χ0) is 16.8. The van der Waals surface area contributed by atoms with Crippen molar-refractivity contribution in [2.45, 2.75) is 30.8 Å². The zero-order valence-corrected chi connectivity index (χ0v) is 12.3. The van der Waals surface area contributed by atoms with Crippen molar-refractivity contribution < 1.29 is 24.3 Å². The molecule has 23 heavy (non-hydrogen) atoms. The summed E-state index contributed by atoms with van der Waals surface area (Å²) in [4.78, 5) is 46.3. The van der Waals surface area contributed by atoms with Crippen molar-refractivity contribution >= 4 is 23.8 Å². The second-order valence-electron chi connectivity index (χ2n) is 5.95. The molecule has 1 saturated heterocycles. The van der Waals surface area contributed by atoms with Gasteiger partial charge in [0.2, 0.25) is 0 Å². The number of urea groups is 1. The second kappa shape index (κ2) is 4.80. The summed E-state index contributed by atoms with van der Waals surface area (Å²) in [5, 5.41) is 16.3. The average molecular weight is 317 g/mol. The SMILES string of the molecule is CC1(c2ccc(C(=O)NC3(C(=O)O)CC3)cc2)NC(=O)NC1=O. The minimum absolute atomic E-state index is 0.287. The maximum atomic E-state index is 12.1. The Labute approximate surface area is 131 Å². The fourth-order valence-corrected chi connectivity index (χ4v) is 2.51. The van der Waals surface area contributed by atoms with Crippen LogP contribution in [-0.2, 0) is 15.1 Å². The summed E-state index contributed by atoms with van der Waals surface area (Å²) in [5.41, 5.74) is -1.53. The molecule has 0 spiro atoms. The average Bonchev–Trinajstić information content (AvgIpc) is 3.22. The molecule has 120 valence electrons. The second-order valence-corrected chi connectivity index (χ2v) is 5.95. The molecule has 2 fully saturated rings. The third-order valence-corrected chi connectivity index (χ3v) is 4.28. The molecule has 8 heteroatoms. The maximum Gasteiger partial charge on any atom is 0.329 e. The first-order valence-electron chi connectivity index (χ1n) is 7.07. The Hall–Kier alpha value is -2.90. The van der Waals surface area contributed by atoms with Crippen LogP contribution in [0, 0.1) is 0 Å². The summed E-state index contributed by atoms with van der Waals surface area (Å²) in [6, 6.07) is 5.52. The highest BCUT2D eigenvalue weighted by Crippen LogP contribution is 2.35. The van der Waals surface area contributed by atoms with Crippen LogP contribution < -0.4 is 16.0 Å². The van der Waals surface area contributed by atoms with Gasteiger partial charge in [-0.3, -0.25) is 14.9 Å². The summed E-state index contributed by atoms with van der Waals surface area (Å²) in [7, 11) is 0. The van der Waals surface area contributed by atoms with E-state index in [1.54, 1.807) is 19.1 Å². The Morgan fingerprint density at radius 2 is 1.78 bits per heavy atom. The molecule has 0 bridgehead atoms. The number of amides is 4. The zero-order valence-electron chi connectivity index (χ0n) is 12.3. The molecule has 1 aliphatic carbocycles. The van der Waals surface area contributed by atoms with Crippen molar-refractivity contribution in [3.63, 3.8) is 0 Å². The van der Waals surface area contributed by atoms with E-state index < -0.39 is 34.9 Å². The van der Waals surface area contributed by atoms with E-state index in [0.717, 1.165) is 0 Å². The minimum Gasteiger partial charge on any atom is -0.480 e. The third kappa shape index (κ3) is 2.41. The van der Waals surface area contributed by atoms with Crippen LogP contribution in [0.4, 0.5) is 4.79 Å². The van der Waals surface area contributed by atoms with Crippen molar-refractivity contribution in [1.82, 2.24) is 16.0 Å². The molecule has 1 heterocycles. The van der Waals surface area contributed by atoms with Crippen LogP contribution in [0.15, 0.2) is 24.3 Å². The number of carbonyl (C=O) groups excluding carboxylic acids is 3. The lowest BCUT2D eigenvalue weighted by molar-refractivity contribution is -0.140. The van der Waals surface area contributed by atoms with Crippen LogP contribution in [0.1, 0.15) is 35.7 Å². The van der Waals surface area contributed by atoms with Crippen molar-refractivity contribution in [2.75, 3.05) is 0 Å². The predicted molar refractivity (Wildman–Crippen MR) is 77.5 cm³/mol. The van der Waals surface area contributed by atoms with E-state index in [4.69, 9.17) is 5.11 Å². The largest absolute Gasteiger partial charge is 0.480 e. The molecule has 3 rings (SSSR count). The van der Waals surface area contributed by atoms with Gasteiger partial charge in [-0.05, 0) is 37.5 Å². The normalized spacial score (nSPS) is 24.6. The molecular weight excluding hydrogens is 302 g/mol. The van der Waals surface area contributed by atoms with Crippen LogP contribution in [0.3, 0.4) is 0 Å². The maximum absolute atomic E-state index is 12.1. The van der Waals surface area contributed by atoms with Crippen molar-refractivity contribution in [1.29, 1.82) is 0 Å². The van der Waals surface area contributed by atoms with Crippen molar-refractivity contribution in [3.05, 3.63) is 35.4 Å². The summed E-state index contributed by atoms with van der Waals surface area (Å²) in [6.07, 6.45) is 0.826. The van der Waals surface area contributed by atoms with Gasteiger partial charge in [0.05, 0.1) is 0 Å². The molecule has 0 aromatic heterocycles. The van der Waals surface area contributed by atoms with Crippen LogP contribution in [-0.4, -0.2) is 34.5 Å². The first-order valence-corrected chi connectivity index (χ1v) is 7.07. The number of hydrogen-bond acceptors (Lipinski definition) is 4. The van der Waals surface area contributed by atoms with Gasteiger partial charge in [0, 0.05) is 5.56 Å². The molecule has 4 amide bonds. The van der Waals surface area contributed by atoms with E-state index in [1.807, 2.05) is 0 Å². The van der Waals surface area contributed by atoms with Crippen LogP contribution in [0.25, 0.3) is 0 Å². The monoisotopic (exact) mass is 317 g/mol. The number of nitrogens with one attached hydrogen (secondary N) is 3. The highest BCUT2D eigenvalue weighted by Gasteiger charge is 2.51. The molecule has 2 aliphatic rings. The quantitative estimate of drug-likeness (QED) is 0.586. The molecule has 1 aromatic rings. The summed E-state index contributed by atoms with van der Waals surface area (Å²) >= 11 is 0. The van der Waals surface area contributed by atoms with E-state index in [2.05, 4.69) is 16.0 Å². The van der Waals surface area contributed by atoms with Gasteiger partial charge in [0.15, 0.2) is 0 Å². The van der Waals surface area contributed by atoms with Gasteiger partial charge < -0.3 is 15.7 Å². The van der Waals surface area contributed by atoms with Gasteiger partial charge in [0.1, 0.15) is 11.1 Å². The Balaban J connectivity index is 1.77. The smallest absolute Gasteiger partial charge is 0.329 e. The molecule has 1 aliphatic heterocycles. The number of rotatable bonds is 4. The summed E-state index contributed by atoms with van der Waals surface area (Å²) < 4.78 is 0. The van der Waals surface area contributed by atoms with Gasteiger partial charge in [-0.25, -0.2) is 9.59 Å². The number of hydrogen-bond donors (Lipinski definition) is 4.